The molecule has 1 saturated heterocycles. The molecule has 5 heteroatoms. The second kappa shape index (κ2) is 6.35. The van der Waals surface area contributed by atoms with Gasteiger partial charge in [-0.05, 0) is 31.5 Å². The summed E-state index contributed by atoms with van der Waals surface area (Å²) in [5, 5.41) is 0.412. The Morgan fingerprint density at radius 2 is 2.16 bits per heavy atom. The maximum atomic E-state index is 12.3. The van der Waals surface area contributed by atoms with Crippen LogP contribution in [0.2, 0.25) is 5.15 Å². The van der Waals surface area contributed by atoms with E-state index in [1.54, 1.807) is 18.3 Å². The first-order valence-electron chi connectivity index (χ1n) is 6.73. The Labute approximate surface area is 119 Å². The van der Waals surface area contributed by atoms with Gasteiger partial charge in [0.05, 0.1) is 5.56 Å². The summed E-state index contributed by atoms with van der Waals surface area (Å²) < 4.78 is 0. The fourth-order valence-electron chi connectivity index (χ4n) is 2.49. The molecule has 0 aromatic carbocycles. The number of hydrogen-bond acceptors (Lipinski definition) is 3. The second-order valence-corrected chi connectivity index (χ2v) is 5.34. The average Bonchev–Trinajstić information content (AvgIpc) is 2.46. The van der Waals surface area contributed by atoms with Gasteiger partial charge in [0, 0.05) is 32.4 Å². The summed E-state index contributed by atoms with van der Waals surface area (Å²) in [7, 11) is 1.88. The van der Waals surface area contributed by atoms with Gasteiger partial charge >= 0.3 is 0 Å². The van der Waals surface area contributed by atoms with Crippen LogP contribution in [0.25, 0.3) is 0 Å². The average molecular weight is 282 g/mol. The fraction of sp³-hybridized carbons (Fsp3) is 0.571. The van der Waals surface area contributed by atoms with Gasteiger partial charge in [0.2, 0.25) is 0 Å². The molecular weight excluding hydrogens is 262 g/mol. The molecule has 1 aromatic rings. The third-order valence-electron chi connectivity index (χ3n) is 3.85. The zero-order chi connectivity index (χ0) is 13.8. The van der Waals surface area contributed by atoms with E-state index in [4.69, 9.17) is 11.6 Å². The third-order valence-corrected chi connectivity index (χ3v) is 4.07. The molecule has 1 aromatic heterocycles. The molecule has 0 bridgehead atoms. The fourth-order valence-corrected chi connectivity index (χ4v) is 2.61. The molecular formula is C14H20ClN3O. The monoisotopic (exact) mass is 281 g/mol. The van der Waals surface area contributed by atoms with Crippen LogP contribution in [-0.2, 0) is 0 Å². The third kappa shape index (κ3) is 3.45. The van der Waals surface area contributed by atoms with Crippen LogP contribution in [0.3, 0.4) is 0 Å². The number of nitrogens with zero attached hydrogens (tertiary/aromatic N) is 3. The van der Waals surface area contributed by atoms with Crippen molar-refractivity contribution in [3.63, 3.8) is 0 Å². The lowest BCUT2D eigenvalue weighted by molar-refractivity contribution is 0.0646. The van der Waals surface area contributed by atoms with Crippen LogP contribution in [0.1, 0.15) is 30.1 Å². The van der Waals surface area contributed by atoms with Crippen molar-refractivity contribution in [3.8, 4) is 0 Å². The standard InChI is InChI=1S/C14H20ClN3O/c1-3-18-8-6-12(7-9-18)17(2)14(19)11-4-5-13(15)16-10-11/h4-5,10,12H,3,6-9H2,1-2H3. The van der Waals surface area contributed by atoms with Crippen LogP contribution in [-0.4, -0.2) is 53.4 Å². The van der Waals surface area contributed by atoms with Crippen LogP contribution >= 0.6 is 11.6 Å². The largest absolute Gasteiger partial charge is 0.339 e. The Balaban J connectivity index is 1.98. The van der Waals surface area contributed by atoms with E-state index >= 15 is 0 Å². The first-order valence-corrected chi connectivity index (χ1v) is 7.10. The molecule has 4 nitrogen and oxygen atoms in total. The van der Waals surface area contributed by atoms with E-state index in [-0.39, 0.29) is 5.91 Å². The van der Waals surface area contributed by atoms with Gasteiger partial charge in [-0.15, -0.1) is 0 Å². The highest BCUT2D eigenvalue weighted by Crippen LogP contribution is 2.17. The molecule has 1 aliphatic rings. The van der Waals surface area contributed by atoms with Crippen LogP contribution in [0.5, 0.6) is 0 Å². The molecule has 0 N–H and O–H groups in total. The molecule has 1 amide bonds. The summed E-state index contributed by atoms with van der Waals surface area (Å²) in [4.78, 5) is 20.6. The van der Waals surface area contributed by atoms with Gasteiger partial charge in [-0.25, -0.2) is 4.98 Å². The normalized spacial score (nSPS) is 17.4. The first kappa shape index (κ1) is 14.3. The Morgan fingerprint density at radius 3 is 2.68 bits per heavy atom. The minimum atomic E-state index is 0.0270. The Hall–Kier alpha value is -1.13. The number of halogens is 1. The lowest BCUT2D eigenvalue weighted by Gasteiger charge is -2.36. The summed E-state index contributed by atoms with van der Waals surface area (Å²) >= 11 is 5.74. The van der Waals surface area contributed by atoms with E-state index < -0.39 is 0 Å². The second-order valence-electron chi connectivity index (χ2n) is 4.95. The number of hydrogen-bond donors (Lipinski definition) is 0. The van der Waals surface area contributed by atoms with Crippen molar-refractivity contribution in [1.82, 2.24) is 14.8 Å². The number of amides is 1. The topological polar surface area (TPSA) is 36.4 Å². The molecule has 0 unspecified atom stereocenters. The predicted molar refractivity (Wildman–Crippen MR) is 76.5 cm³/mol. The van der Waals surface area contributed by atoms with Crippen molar-refractivity contribution >= 4 is 17.5 Å². The molecule has 1 aliphatic heterocycles. The van der Waals surface area contributed by atoms with Crippen LogP contribution in [0.15, 0.2) is 18.3 Å². The van der Waals surface area contributed by atoms with E-state index in [0.717, 1.165) is 32.5 Å². The zero-order valence-electron chi connectivity index (χ0n) is 11.5. The van der Waals surface area contributed by atoms with Crippen molar-refractivity contribution in [2.75, 3.05) is 26.7 Å². The van der Waals surface area contributed by atoms with Crippen LogP contribution in [0.4, 0.5) is 0 Å². The number of pyridine rings is 1. The minimum Gasteiger partial charge on any atom is -0.339 e. The van der Waals surface area contributed by atoms with Crippen molar-refractivity contribution in [1.29, 1.82) is 0 Å². The number of likely N-dealkylation sites (tertiary alicyclic amines) is 1. The molecule has 0 aliphatic carbocycles. The molecule has 104 valence electrons. The van der Waals surface area contributed by atoms with Gasteiger partial charge in [0.25, 0.3) is 5.91 Å². The molecule has 0 atom stereocenters. The quantitative estimate of drug-likeness (QED) is 0.798. The molecule has 0 radical (unpaired) electrons. The molecule has 2 rings (SSSR count). The maximum Gasteiger partial charge on any atom is 0.255 e. The van der Waals surface area contributed by atoms with Crippen molar-refractivity contribution < 1.29 is 4.79 Å². The molecule has 0 saturated carbocycles. The van der Waals surface area contributed by atoms with Gasteiger partial charge in [0.1, 0.15) is 5.15 Å². The smallest absolute Gasteiger partial charge is 0.255 e. The highest BCUT2D eigenvalue weighted by atomic mass is 35.5. The minimum absolute atomic E-state index is 0.0270. The molecule has 1 fully saturated rings. The van der Waals surface area contributed by atoms with Crippen LogP contribution in [0, 0.1) is 0 Å². The number of rotatable bonds is 3. The summed E-state index contributed by atoms with van der Waals surface area (Å²) in [6, 6.07) is 3.71. The number of piperidine rings is 1. The SMILES string of the molecule is CCN1CCC(N(C)C(=O)c2ccc(Cl)nc2)CC1. The Kier molecular flexibility index (Phi) is 4.77. The van der Waals surface area contributed by atoms with Crippen LogP contribution < -0.4 is 0 Å². The molecule has 2 heterocycles. The Morgan fingerprint density at radius 1 is 1.47 bits per heavy atom. The summed E-state index contributed by atoms with van der Waals surface area (Å²) in [6.07, 6.45) is 3.62. The van der Waals surface area contributed by atoms with Gasteiger partial charge < -0.3 is 9.80 Å². The Bertz CT molecular complexity index is 427. The van der Waals surface area contributed by atoms with Gasteiger partial charge in [0.15, 0.2) is 0 Å². The van der Waals surface area contributed by atoms with E-state index in [1.165, 1.54) is 0 Å². The van der Waals surface area contributed by atoms with E-state index in [1.807, 2.05) is 11.9 Å². The predicted octanol–water partition coefficient (Wildman–Crippen LogP) is 2.29. The lowest BCUT2D eigenvalue weighted by atomic mass is 10.0. The highest BCUT2D eigenvalue weighted by Gasteiger charge is 2.25. The number of carbonyl (C=O) groups excluding carboxylic acids is 1. The van der Waals surface area contributed by atoms with E-state index in [2.05, 4.69) is 16.8 Å². The zero-order valence-corrected chi connectivity index (χ0v) is 12.2. The lowest BCUT2D eigenvalue weighted by Crippen LogP contribution is -2.45. The number of carbonyl (C=O) groups is 1. The van der Waals surface area contributed by atoms with Crippen molar-refractivity contribution in [2.24, 2.45) is 0 Å². The van der Waals surface area contributed by atoms with E-state index in [0.29, 0.717) is 16.8 Å². The molecule has 0 spiro atoms. The number of aromatic nitrogens is 1. The maximum absolute atomic E-state index is 12.3. The summed E-state index contributed by atoms with van der Waals surface area (Å²) in [5.41, 5.74) is 0.602. The van der Waals surface area contributed by atoms with E-state index in [9.17, 15) is 4.79 Å². The van der Waals surface area contributed by atoms with Gasteiger partial charge in [-0.3, -0.25) is 4.79 Å². The van der Waals surface area contributed by atoms with Crippen molar-refractivity contribution in [3.05, 3.63) is 29.0 Å². The van der Waals surface area contributed by atoms with Crippen molar-refractivity contribution in [2.45, 2.75) is 25.8 Å². The molecule has 19 heavy (non-hydrogen) atoms. The highest BCUT2D eigenvalue weighted by molar-refractivity contribution is 6.29. The summed E-state index contributed by atoms with van der Waals surface area (Å²) in [6.45, 7) is 5.40. The first-order chi connectivity index (χ1) is 9.11. The van der Waals surface area contributed by atoms with Gasteiger partial charge in [-0.1, -0.05) is 18.5 Å². The van der Waals surface area contributed by atoms with Gasteiger partial charge in [-0.2, -0.15) is 0 Å². The summed E-state index contributed by atoms with van der Waals surface area (Å²) in [5.74, 6) is 0.0270.